The summed E-state index contributed by atoms with van der Waals surface area (Å²) in [6.45, 7) is 2.76. The Morgan fingerprint density at radius 2 is 2.24 bits per heavy atom. The summed E-state index contributed by atoms with van der Waals surface area (Å²) in [7, 11) is 0. The minimum atomic E-state index is -0.827. The smallest absolute Gasteiger partial charge is 0.124 e. The van der Waals surface area contributed by atoms with E-state index < -0.39 is 6.10 Å². The molecule has 0 spiro atoms. The molecule has 0 bridgehead atoms. The molecule has 2 heterocycles. The molecule has 0 aromatic carbocycles. The van der Waals surface area contributed by atoms with Crippen LogP contribution in [-0.2, 0) is 6.54 Å². The molecule has 0 saturated heterocycles. The lowest BCUT2D eigenvalue weighted by Gasteiger charge is -2.13. The zero-order valence-corrected chi connectivity index (χ0v) is 10.2. The molecule has 17 heavy (non-hydrogen) atoms. The summed E-state index contributed by atoms with van der Waals surface area (Å²) in [6.07, 6.45) is 4.70. The Morgan fingerprint density at radius 3 is 2.88 bits per heavy atom. The van der Waals surface area contributed by atoms with Crippen molar-refractivity contribution in [2.75, 3.05) is 0 Å². The first-order valence-electron chi connectivity index (χ1n) is 5.40. The summed E-state index contributed by atoms with van der Waals surface area (Å²) in [5, 5.41) is 22.3. The van der Waals surface area contributed by atoms with Crippen molar-refractivity contribution in [2.24, 2.45) is 0 Å². The summed E-state index contributed by atoms with van der Waals surface area (Å²) in [5.74, 6) is 0. The number of rotatable bonds is 4. The predicted octanol–water partition coefficient (Wildman–Crippen LogP) is 1.82. The highest BCUT2D eigenvalue weighted by Crippen LogP contribution is 2.27. The van der Waals surface area contributed by atoms with Gasteiger partial charge in [-0.25, -0.2) is 0 Å². The summed E-state index contributed by atoms with van der Waals surface area (Å²) in [5.41, 5.74) is 1.25. The molecule has 0 aliphatic heterocycles. The Bertz CT molecular complexity index is 485. The van der Waals surface area contributed by atoms with E-state index in [0.29, 0.717) is 16.3 Å². The largest absolute Gasteiger partial charge is 0.382 e. The number of hydrogen-bond acceptors (Lipinski definition) is 4. The van der Waals surface area contributed by atoms with Crippen LogP contribution in [0.25, 0.3) is 0 Å². The van der Waals surface area contributed by atoms with E-state index in [0.717, 1.165) is 13.0 Å². The molecule has 1 unspecified atom stereocenters. The van der Waals surface area contributed by atoms with Gasteiger partial charge in [0.05, 0.1) is 23.1 Å². The molecule has 2 rings (SSSR count). The van der Waals surface area contributed by atoms with Crippen LogP contribution in [0.15, 0.2) is 24.7 Å². The van der Waals surface area contributed by atoms with Crippen molar-refractivity contribution < 1.29 is 5.11 Å². The van der Waals surface area contributed by atoms with Crippen molar-refractivity contribution >= 4 is 11.6 Å². The molecule has 0 fully saturated rings. The van der Waals surface area contributed by atoms with Gasteiger partial charge in [0, 0.05) is 18.3 Å². The molecule has 2 aromatic heterocycles. The van der Waals surface area contributed by atoms with Crippen LogP contribution in [0.3, 0.4) is 0 Å². The van der Waals surface area contributed by atoms with Gasteiger partial charge in [-0.15, -0.1) is 0 Å². The molecule has 0 amide bonds. The second-order valence-corrected chi connectivity index (χ2v) is 4.09. The monoisotopic (exact) mass is 252 g/mol. The van der Waals surface area contributed by atoms with E-state index in [2.05, 4.69) is 15.3 Å². The molecule has 0 aliphatic rings. The first-order chi connectivity index (χ1) is 8.24. The maximum Gasteiger partial charge on any atom is 0.124 e. The van der Waals surface area contributed by atoms with Gasteiger partial charge >= 0.3 is 0 Å². The highest BCUT2D eigenvalue weighted by atomic mass is 35.5. The van der Waals surface area contributed by atoms with Gasteiger partial charge in [-0.05, 0) is 12.5 Å². The van der Waals surface area contributed by atoms with Crippen molar-refractivity contribution in [1.29, 1.82) is 0 Å². The first kappa shape index (κ1) is 12.0. The normalized spacial score (nSPS) is 12.6. The lowest BCUT2D eigenvalue weighted by molar-refractivity contribution is 0.207. The van der Waals surface area contributed by atoms with E-state index in [1.165, 1.54) is 12.4 Å². The van der Waals surface area contributed by atoms with Crippen LogP contribution < -0.4 is 0 Å². The highest BCUT2D eigenvalue weighted by Gasteiger charge is 2.19. The van der Waals surface area contributed by atoms with E-state index in [-0.39, 0.29) is 0 Å². The number of aryl methyl sites for hydroxylation is 1. The Morgan fingerprint density at radius 1 is 1.41 bits per heavy atom. The quantitative estimate of drug-likeness (QED) is 0.902. The van der Waals surface area contributed by atoms with Gasteiger partial charge in [-0.1, -0.05) is 18.5 Å². The number of aliphatic hydroxyl groups is 1. The van der Waals surface area contributed by atoms with Gasteiger partial charge in [-0.2, -0.15) is 15.3 Å². The highest BCUT2D eigenvalue weighted by molar-refractivity contribution is 6.31. The van der Waals surface area contributed by atoms with Gasteiger partial charge in [0.1, 0.15) is 6.10 Å². The Balaban J connectivity index is 2.36. The van der Waals surface area contributed by atoms with Crippen molar-refractivity contribution in [2.45, 2.75) is 26.0 Å². The number of aromatic nitrogens is 4. The Hall–Kier alpha value is -1.46. The summed E-state index contributed by atoms with van der Waals surface area (Å²) < 4.78 is 1.72. The predicted molar refractivity (Wildman–Crippen MR) is 63.6 cm³/mol. The van der Waals surface area contributed by atoms with Crippen molar-refractivity contribution in [3.05, 3.63) is 40.9 Å². The fraction of sp³-hybridized carbons (Fsp3) is 0.364. The second kappa shape index (κ2) is 5.25. The van der Waals surface area contributed by atoms with E-state index in [4.69, 9.17) is 11.6 Å². The van der Waals surface area contributed by atoms with Crippen LogP contribution in [0.1, 0.15) is 30.7 Å². The zero-order chi connectivity index (χ0) is 12.3. The Labute approximate surface area is 104 Å². The van der Waals surface area contributed by atoms with E-state index in [1.807, 2.05) is 6.92 Å². The lowest BCUT2D eigenvalue weighted by atomic mass is 10.1. The molecule has 1 N–H and O–H groups in total. The van der Waals surface area contributed by atoms with Crippen LogP contribution in [0.2, 0.25) is 5.02 Å². The molecule has 2 aromatic rings. The first-order valence-corrected chi connectivity index (χ1v) is 5.77. The lowest BCUT2D eigenvalue weighted by Crippen LogP contribution is -2.10. The van der Waals surface area contributed by atoms with Crippen LogP contribution in [0.5, 0.6) is 0 Å². The van der Waals surface area contributed by atoms with E-state index in [1.54, 1.807) is 16.9 Å². The molecule has 0 aliphatic carbocycles. The average Bonchev–Trinajstić information content (AvgIpc) is 2.71. The number of aliphatic hydroxyl groups excluding tert-OH is 1. The molecule has 5 nitrogen and oxygen atoms in total. The van der Waals surface area contributed by atoms with Crippen molar-refractivity contribution in [3.63, 3.8) is 0 Å². The SMILES string of the molecule is CCCn1ncc(Cl)c1C(O)c1ccnnc1. The van der Waals surface area contributed by atoms with Crippen LogP contribution in [0.4, 0.5) is 0 Å². The molecular formula is C11H13ClN4O. The standard InChI is InChI=1S/C11H13ClN4O/c1-2-5-16-10(9(12)7-15-16)11(17)8-3-4-13-14-6-8/h3-4,6-7,11,17H,2,5H2,1H3. The van der Waals surface area contributed by atoms with Gasteiger partial charge in [0.2, 0.25) is 0 Å². The van der Waals surface area contributed by atoms with Gasteiger partial charge in [0.25, 0.3) is 0 Å². The maximum atomic E-state index is 10.3. The van der Waals surface area contributed by atoms with Crippen molar-refractivity contribution in [3.8, 4) is 0 Å². The molecule has 90 valence electrons. The summed E-state index contributed by atoms with van der Waals surface area (Å²) in [6, 6.07) is 1.71. The zero-order valence-electron chi connectivity index (χ0n) is 9.41. The minimum absolute atomic E-state index is 0.461. The molecule has 0 radical (unpaired) electrons. The molecular weight excluding hydrogens is 240 g/mol. The summed E-state index contributed by atoms with van der Waals surface area (Å²) >= 11 is 6.05. The number of halogens is 1. The van der Waals surface area contributed by atoms with Crippen LogP contribution in [-0.4, -0.2) is 25.1 Å². The van der Waals surface area contributed by atoms with E-state index >= 15 is 0 Å². The van der Waals surface area contributed by atoms with Gasteiger partial charge < -0.3 is 5.11 Å². The second-order valence-electron chi connectivity index (χ2n) is 3.68. The fourth-order valence-corrected chi connectivity index (χ4v) is 1.90. The molecule has 1 atom stereocenters. The number of nitrogens with zero attached hydrogens (tertiary/aromatic N) is 4. The summed E-state index contributed by atoms with van der Waals surface area (Å²) in [4.78, 5) is 0. The third-order valence-corrected chi connectivity index (χ3v) is 2.74. The van der Waals surface area contributed by atoms with Gasteiger partial charge in [0.15, 0.2) is 0 Å². The molecule has 0 saturated carbocycles. The topological polar surface area (TPSA) is 63.8 Å². The third-order valence-electron chi connectivity index (χ3n) is 2.45. The molecule has 6 heteroatoms. The minimum Gasteiger partial charge on any atom is -0.382 e. The fourth-order valence-electron chi connectivity index (χ4n) is 1.65. The van der Waals surface area contributed by atoms with Crippen molar-refractivity contribution in [1.82, 2.24) is 20.0 Å². The van der Waals surface area contributed by atoms with Gasteiger partial charge in [-0.3, -0.25) is 4.68 Å². The van der Waals surface area contributed by atoms with Crippen LogP contribution >= 0.6 is 11.6 Å². The van der Waals surface area contributed by atoms with E-state index in [9.17, 15) is 5.11 Å². The van der Waals surface area contributed by atoms with Crippen LogP contribution in [0, 0.1) is 0 Å². The maximum absolute atomic E-state index is 10.3. The average molecular weight is 253 g/mol. The third kappa shape index (κ3) is 2.45. The Kier molecular flexibility index (Phi) is 3.71. The number of hydrogen-bond donors (Lipinski definition) is 1.